The first-order valence-corrected chi connectivity index (χ1v) is 4.30. The van der Waals surface area contributed by atoms with E-state index in [4.69, 9.17) is 0 Å². The standard InChI is InChI=1S/C9H17NO4/c1-9(2,5-7(11)13-3)10-6-8(12)14-4/h10H,5-6H2,1-4H3. The van der Waals surface area contributed by atoms with Crippen molar-refractivity contribution in [2.75, 3.05) is 20.8 Å². The van der Waals surface area contributed by atoms with E-state index >= 15 is 0 Å². The van der Waals surface area contributed by atoms with E-state index < -0.39 is 5.54 Å². The Morgan fingerprint density at radius 2 is 1.64 bits per heavy atom. The van der Waals surface area contributed by atoms with Crippen LogP contribution in [0.15, 0.2) is 0 Å². The molecule has 0 bridgehead atoms. The summed E-state index contributed by atoms with van der Waals surface area (Å²) in [6, 6.07) is 0. The summed E-state index contributed by atoms with van der Waals surface area (Å²) in [5, 5.41) is 2.90. The topological polar surface area (TPSA) is 64.6 Å². The summed E-state index contributed by atoms with van der Waals surface area (Å²) < 4.78 is 8.98. The SMILES string of the molecule is COC(=O)CNC(C)(C)CC(=O)OC. The number of nitrogens with one attached hydrogen (secondary N) is 1. The van der Waals surface area contributed by atoms with Crippen molar-refractivity contribution in [1.29, 1.82) is 0 Å². The maximum absolute atomic E-state index is 11.0. The predicted octanol–water partition coefficient (Wildman–Crippen LogP) is 0.0907. The first kappa shape index (κ1) is 12.9. The normalized spacial score (nSPS) is 10.9. The molecule has 0 aliphatic heterocycles. The van der Waals surface area contributed by atoms with Crippen LogP contribution in [0, 0.1) is 0 Å². The predicted molar refractivity (Wildman–Crippen MR) is 50.7 cm³/mol. The van der Waals surface area contributed by atoms with Gasteiger partial charge in [-0.15, -0.1) is 0 Å². The average Bonchev–Trinajstić information content (AvgIpc) is 2.13. The van der Waals surface area contributed by atoms with Gasteiger partial charge in [0.25, 0.3) is 0 Å². The van der Waals surface area contributed by atoms with Gasteiger partial charge in [-0.2, -0.15) is 0 Å². The van der Waals surface area contributed by atoms with Gasteiger partial charge in [0, 0.05) is 5.54 Å². The third-order valence-corrected chi connectivity index (χ3v) is 1.75. The molecular weight excluding hydrogens is 186 g/mol. The minimum Gasteiger partial charge on any atom is -0.469 e. The van der Waals surface area contributed by atoms with Crippen LogP contribution < -0.4 is 5.32 Å². The average molecular weight is 203 g/mol. The number of esters is 2. The third-order valence-electron chi connectivity index (χ3n) is 1.75. The molecule has 0 unspecified atom stereocenters. The van der Waals surface area contributed by atoms with Crippen molar-refractivity contribution in [1.82, 2.24) is 5.32 Å². The molecule has 0 spiro atoms. The molecule has 0 amide bonds. The molecule has 0 radical (unpaired) electrons. The molecule has 0 atom stereocenters. The van der Waals surface area contributed by atoms with E-state index in [1.165, 1.54) is 14.2 Å². The molecule has 0 aromatic rings. The summed E-state index contributed by atoms with van der Waals surface area (Å²) in [5.74, 6) is -0.671. The van der Waals surface area contributed by atoms with E-state index in [0.29, 0.717) is 0 Å². The Morgan fingerprint density at radius 1 is 1.14 bits per heavy atom. The molecule has 0 rings (SSSR count). The number of methoxy groups -OCH3 is 2. The van der Waals surface area contributed by atoms with Gasteiger partial charge in [0.15, 0.2) is 0 Å². The summed E-state index contributed by atoms with van der Waals surface area (Å²) in [6.07, 6.45) is 0.209. The van der Waals surface area contributed by atoms with Crippen molar-refractivity contribution >= 4 is 11.9 Å². The number of rotatable bonds is 5. The lowest BCUT2D eigenvalue weighted by Gasteiger charge is -2.24. The first-order valence-electron chi connectivity index (χ1n) is 4.30. The Labute approximate surface area is 83.8 Å². The third kappa shape index (κ3) is 5.53. The van der Waals surface area contributed by atoms with Crippen LogP contribution in [0.3, 0.4) is 0 Å². The van der Waals surface area contributed by atoms with Crippen molar-refractivity contribution in [2.45, 2.75) is 25.8 Å². The van der Waals surface area contributed by atoms with Crippen LogP contribution in [0.4, 0.5) is 0 Å². The lowest BCUT2D eigenvalue weighted by atomic mass is 10.0. The van der Waals surface area contributed by atoms with Crippen LogP contribution in [0.1, 0.15) is 20.3 Å². The minimum atomic E-state index is -0.471. The summed E-state index contributed by atoms with van der Waals surface area (Å²) in [4.78, 5) is 21.8. The fourth-order valence-corrected chi connectivity index (χ4v) is 0.879. The highest BCUT2D eigenvalue weighted by Gasteiger charge is 2.22. The minimum absolute atomic E-state index is 0.0838. The maximum atomic E-state index is 11.0. The number of hydrogen-bond donors (Lipinski definition) is 1. The molecule has 0 saturated carbocycles. The second kappa shape index (κ2) is 5.59. The summed E-state index contributed by atoms with van der Waals surface area (Å²) >= 11 is 0. The van der Waals surface area contributed by atoms with Gasteiger partial charge in [-0.3, -0.25) is 9.59 Å². The van der Waals surface area contributed by atoms with Crippen molar-refractivity contribution in [3.8, 4) is 0 Å². The molecule has 0 aliphatic carbocycles. The van der Waals surface area contributed by atoms with Gasteiger partial charge in [-0.1, -0.05) is 0 Å². The summed E-state index contributed by atoms with van der Waals surface area (Å²) in [7, 11) is 2.65. The van der Waals surface area contributed by atoms with Gasteiger partial charge in [0.2, 0.25) is 0 Å². The largest absolute Gasteiger partial charge is 0.469 e. The van der Waals surface area contributed by atoms with Gasteiger partial charge in [-0.05, 0) is 13.8 Å². The fraction of sp³-hybridized carbons (Fsp3) is 0.778. The molecule has 0 aromatic carbocycles. The van der Waals surface area contributed by atoms with Crippen LogP contribution in [0.25, 0.3) is 0 Å². The quantitative estimate of drug-likeness (QED) is 0.641. The molecule has 1 N–H and O–H groups in total. The second-order valence-corrected chi connectivity index (χ2v) is 3.57. The highest BCUT2D eigenvalue weighted by atomic mass is 16.5. The van der Waals surface area contributed by atoms with E-state index in [0.717, 1.165) is 0 Å². The van der Waals surface area contributed by atoms with Crippen LogP contribution in [0.2, 0.25) is 0 Å². The molecule has 0 aliphatic rings. The molecule has 5 nitrogen and oxygen atoms in total. The Kier molecular flexibility index (Phi) is 5.15. The number of hydrogen-bond acceptors (Lipinski definition) is 5. The summed E-state index contributed by atoms with van der Waals surface area (Å²) in [6.45, 7) is 3.71. The van der Waals surface area contributed by atoms with Crippen molar-refractivity contribution < 1.29 is 19.1 Å². The molecule has 0 saturated heterocycles. The zero-order chi connectivity index (χ0) is 11.2. The number of carbonyl (C=O) groups excluding carboxylic acids is 2. The molecule has 0 aromatic heterocycles. The fourth-order valence-electron chi connectivity index (χ4n) is 0.879. The zero-order valence-corrected chi connectivity index (χ0v) is 9.05. The number of ether oxygens (including phenoxy) is 2. The Morgan fingerprint density at radius 3 is 2.07 bits per heavy atom. The highest BCUT2D eigenvalue weighted by molar-refractivity contribution is 5.72. The molecular formula is C9H17NO4. The molecule has 0 fully saturated rings. The van der Waals surface area contributed by atoms with Gasteiger partial charge in [0.05, 0.1) is 27.2 Å². The molecule has 5 heteroatoms. The van der Waals surface area contributed by atoms with E-state index in [2.05, 4.69) is 14.8 Å². The lowest BCUT2D eigenvalue weighted by molar-refractivity contribution is -0.143. The zero-order valence-electron chi connectivity index (χ0n) is 9.05. The second-order valence-electron chi connectivity index (χ2n) is 3.57. The van der Waals surface area contributed by atoms with Crippen LogP contribution in [0.5, 0.6) is 0 Å². The van der Waals surface area contributed by atoms with Crippen molar-refractivity contribution in [3.05, 3.63) is 0 Å². The van der Waals surface area contributed by atoms with E-state index in [1.807, 2.05) is 13.8 Å². The van der Waals surface area contributed by atoms with Gasteiger partial charge >= 0.3 is 11.9 Å². The Hall–Kier alpha value is -1.10. The lowest BCUT2D eigenvalue weighted by Crippen LogP contribution is -2.44. The monoisotopic (exact) mass is 203 g/mol. The molecule has 14 heavy (non-hydrogen) atoms. The summed E-state index contributed by atoms with van der Waals surface area (Å²) in [5.41, 5.74) is -0.471. The Bertz CT molecular complexity index is 213. The highest BCUT2D eigenvalue weighted by Crippen LogP contribution is 2.08. The van der Waals surface area contributed by atoms with Gasteiger partial charge in [0.1, 0.15) is 0 Å². The Balaban J connectivity index is 3.94. The van der Waals surface area contributed by atoms with Gasteiger partial charge in [-0.25, -0.2) is 0 Å². The van der Waals surface area contributed by atoms with Crippen LogP contribution in [-0.2, 0) is 19.1 Å². The van der Waals surface area contributed by atoms with Crippen molar-refractivity contribution in [2.24, 2.45) is 0 Å². The van der Waals surface area contributed by atoms with E-state index in [9.17, 15) is 9.59 Å². The van der Waals surface area contributed by atoms with Crippen LogP contribution in [-0.4, -0.2) is 38.2 Å². The van der Waals surface area contributed by atoms with Crippen molar-refractivity contribution in [3.63, 3.8) is 0 Å². The number of carbonyl (C=O) groups is 2. The maximum Gasteiger partial charge on any atom is 0.319 e. The molecule has 82 valence electrons. The molecule has 0 heterocycles. The van der Waals surface area contributed by atoms with Crippen LogP contribution >= 0.6 is 0 Å². The van der Waals surface area contributed by atoms with Gasteiger partial charge < -0.3 is 14.8 Å². The van der Waals surface area contributed by atoms with E-state index in [-0.39, 0.29) is 24.9 Å². The van der Waals surface area contributed by atoms with E-state index in [1.54, 1.807) is 0 Å². The smallest absolute Gasteiger partial charge is 0.319 e. The first-order chi connectivity index (χ1) is 6.41.